The minimum atomic E-state index is -0.692. The van der Waals surface area contributed by atoms with Gasteiger partial charge in [-0.2, -0.15) is 0 Å². The summed E-state index contributed by atoms with van der Waals surface area (Å²) < 4.78 is 19.2. The topological polar surface area (TPSA) is 46.5 Å². The number of aromatic hydroxyl groups is 1. The average Bonchev–Trinajstić information content (AvgIpc) is 2.36. The van der Waals surface area contributed by atoms with Crippen LogP contribution in [0.5, 0.6) is 5.75 Å². The van der Waals surface area contributed by atoms with E-state index < -0.39 is 17.4 Å². The van der Waals surface area contributed by atoms with Crippen LogP contribution in [0.2, 0.25) is 0 Å². The molecule has 0 aliphatic rings. The summed E-state index contributed by atoms with van der Waals surface area (Å²) >= 11 is 0. The predicted molar refractivity (Wildman–Crippen MR) is 78.7 cm³/mol. The number of halogens is 1. The zero-order valence-corrected chi connectivity index (χ0v) is 12.2. The predicted octanol–water partition coefficient (Wildman–Crippen LogP) is 4.15. The van der Waals surface area contributed by atoms with E-state index in [1.54, 1.807) is 39.0 Å². The van der Waals surface area contributed by atoms with E-state index in [1.165, 1.54) is 24.3 Å². The van der Waals surface area contributed by atoms with Gasteiger partial charge in [-0.1, -0.05) is 18.2 Å². The van der Waals surface area contributed by atoms with Gasteiger partial charge in [-0.3, -0.25) is 0 Å². The van der Waals surface area contributed by atoms with Crippen molar-refractivity contribution in [2.45, 2.75) is 26.4 Å². The van der Waals surface area contributed by atoms with Gasteiger partial charge in [0.15, 0.2) is 0 Å². The van der Waals surface area contributed by atoms with Gasteiger partial charge in [-0.15, -0.1) is 0 Å². The molecule has 0 aliphatic carbocycles. The third-order valence-corrected chi connectivity index (χ3v) is 2.77. The first-order chi connectivity index (χ1) is 9.76. The maximum atomic E-state index is 14.1. The summed E-state index contributed by atoms with van der Waals surface area (Å²) in [6.07, 6.45) is 0. The van der Waals surface area contributed by atoms with Crippen molar-refractivity contribution in [1.82, 2.24) is 0 Å². The van der Waals surface area contributed by atoms with Crippen molar-refractivity contribution in [2.24, 2.45) is 0 Å². The van der Waals surface area contributed by atoms with Gasteiger partial charge in [0.05, 0.1) is 5.56 Å². The molecule has 0 unspecified atom stereocenters. The van der Waals surface area contributed by atoms with Crippen molar-refractivity contribution in [3.63, 3.8) is 0 Å². The minimum absolute atomic E-state index is 0.101. The van der Waals surface area contributed by atoms with Crippen LogP contribution in [-0.4, -0.2) is 16.7 Å². The van der Waals surface area contributed by atoms with Gasteiger partial charge in [0, 0.05) is 0 Å². The summed E-state index contributed by atoms with van der Waals surface area (Å²) in [4.78, 5) is 11.9. The fraction of sp³-hybridized carbons (Fsp3) is 0.235. The highest BCUT2D eigenvalue weighted by Crippen LogP contribution is 2.25. The quantitative estimate of drug-likeness (QED) is 0.844. The lowest BCUT2D eigenvalue weighted by molar-refractivity contribution is 0.00648. The summed E-state index contributed by atoms with van der Waals surface area (Å²) in [5.41, 5.74) is 0.474. The van der Waals surface area contributed by atoms with E-state index in [4.69, 9.17) is 4.74 Å². The number of phenols is 1. The Balaban J connectivity index is 2.32. The van der Waals surface area contributed by atoms with Crippen LogP contribution < -0.4 is 0 Å². The van der Waals surface area contributed by atoms with Crippen molar-refractivity contribution in [3.05, 3.63) is 53.8 Å². The number of hydrogen-bond acceptors (Lipinski definition) is 3. The van der Waals surface area contributed by atoms with Gasteiger partial charge >= 0.3 is 5.97 Å². The van der Waals surface area contributed by atoms with Gasteiger partial charge < -0.3 is 9.84 Å². The van der Waals surface area contributed by atoms with Crippen LogP contribution in [-0.2, 0) is 4.74 Å². The van der Waals surface area contributed by atoms with E-state index in [2.05, 4.69) is 0 Å². The standard InChI is InChI=1S/C17H17FO3/c1-17(2,3)21-16(20)14-8-7-12(10-15(14)18)11-5-4-6-13(19)9-11/h4-10,19H,1-3H3. The van der Waals surface area contributed by atoms with E-state index in [0.717, 1.165) is 0 Å². The summed E-state index contributed by atoms with van der Waals surface area (Å²) in [5.74, 6) is -1.24. The Labute approximate surface area is 123 Å². The molecule has 0 bridgehead atoms. The highest BCUT2D eigenvalue weighted by atomic mass is 19.1. The molecule has 0 spiro atoms. The highest BCUT2D eigenvalue weighted by Gasteiger charge is 2.20. The molecule has 0 aliphatic heterocycles. The van der Waals surface area contributed by atoms with Gasteiger partial charge in [-0.05, 0) is 56.2 Å². The first-order valence-electron chi connectivity index (χ1n) is 6.58. The highest BCUT2D eigenvalue weighted by molar-refractivity contribution is 5.90. The van der Waals surface area contributed by atoms with Crippen molar-refractivity contribution in [2.75, 3.05) is 0 Å². The van der Waals surface area contributed by atoms with Crippen LogP contribution >= 0.6 is 0 Å². The smallest absolute Gasteiger partial charge is 0.341 e. The summed E-state index contributed by atoms with van der Waals surface area (Å²) in [6, 6.07) is 10.8. The van der Waals surface area contributed by atoms with Crippen LogP contribution in [0, 0.1) is 5.82 Å². The third-order valence-electron chi connectivity index (χ3n) is 2.77. The molecule has 2 rings (SSSR count). The molecule has 0 aromatic heterocycles. The second-order valence-electron chi connectivity index (χ2n) is 5.75. The number of carbonyl (C=O) groups is 1. The van der Waals surface area contributed by atoms with Crippen molar-refractivity contribution >= 4 is 5.97 Å². The number of esters is 1. The van der Waals surface area contributed by atoms with Crippen LogP contribution in [0.1, 0.15) is 31.1 Å². The van der Waals surface area contributed by atoms with Crippen molar-refractivity contribution < 1.29 is 19.0 Å². The minimum Gasteiger partial charge on any atom is -0.508 e. The van der Waals surface area contributed by atoms with Crippen LogP contribution in [0.3, 0.4) is 0 Å². The molecule has 0 amide bonds. The number of ether oxygens (including phenoxy) is 1. The monoisotopic (exact) mass is 288 g/mol. The number of rotatable bonds is 2. The van der Waals surface area contributed by atoms with Crippen molar-refractivity contribution in [3.8, 4) is 16.9 Å². The Kier molecular flexibility index (Phi) is 3.98. The molecule has 21 heavy (non-hydrogen) atoms. The molecule has 110 valence electrons. The average molecular weight is 288 g/mol. The lowest BCUT2D eigenvalue weighted by Crippen LogP contribution is -2.24. The molecule has 2 aromatic carbocycles. The molecule has 0 atom stereocenters. The van der Waals surface area contributed by atoms with Crippen LogP contribution in [0.25, 0.3) is 11.1 Å². The molecule has 0 saturated heterocycles. The van der Waals surface area contributed by atoms with E-state index in [-0.39, 0.29) is 11.3 Å². The zero-order chi connectivity index (χ0) is 15.6. The lowest BCUT2D eigenvalue weighted by atomic mass is 10.0. The molecule has 0 saturated carbocycles. The maximum Gasteiger partial charge on any atom is 0.341 e. The van der Waals surface area contributed by atoms with E-state index in [0.29, 0.717) is 11.1 Å². The first-order valence-corrected chi connectivity index (χ1v) is 6.58. The fourth-order valence-electron chi connectivity index (χ4n) is 1.88. The van der Waals surface area contributed by atoms with E-state index in [1.807, 2.05) is 0 Å². The Hall–Kier alpha value is -2.36. The van der Waals surface area contributed by atoms with Gasteiger partial charge in [0.2, 0.25) is 0 Å². The molecule has 1 N–H and O–H groups in total. The number of phenolic OH excluding ortho intramolecular Hbond substituents is 1. The summed E-state index contributed by atoms with van der Waals surface area (Å²) in [5, 5.41) is 9.45. The molecule has 4 heteroatoms. The summed E-state index contributed by atoms with van der Waals surface area (Å²) in [7, 11) is 0. The van der Waals surface area contributed by atoms with Crippen molar-refractivity contribution in [1.29, 1.82) is 0 Å². The Morgan fingerprint density at radius 1 is 1.10 bits per heavy atom. The third kappa shape index (κ3) is 3.81. The second-order valence-corrected chi connectivity index (χ2v) is 5.75. The molecule has 0 heterocycles. The maximum absolute atomic E-state index is 14.1. The van der Waals surface area contributed by atoms with E-state index >= 15 is 0 Å². The SMILES string of the molecule is CC(C)(C)OC(=O)c1ccc(-c2cccc(O)c2)cc1F. The molecule has 0 radical (unpaired) electrons. The Bertz CT molecular complexity index is 672. The number of carbonyl (C=O) groups excluding carboxylic acids is 1. The molecular weight excluding hydrogens is 271 g/mol. The zero-order valence-electron chi connectivity index (χ0n) is 12.2. The summed E-state index contributed by atoms with van der Waals surface area (Å²) in [6.45, 7) is 5.18. The Morgan fingerprint density at radius 3 is 2.33 bits per heavy atom. The van der Waals surface area contributed by atoms with Gasteiger partial charge in [-0.25, -0.2) is 9.18 Å². The van der Waals surface area contributed by atoms with Gasteiger partial charge in [0.1, 0.15) is 17.2 Å². The van der Waals surface area contributed by atoms with Gasteiger partial charge in [0.25, 0.3) is 0 Å². The second kappa shape index (κ2) is 5.56. The lowest BCUT2D eigenvalue weighted by Gasteiger charge is -2.19. The molecule has 2 aromatic rings. The Morgan fingerprint density at radius 2 is 1.76 bits per heavy atom. The van der Waals surface area contributed by atoms with Crippen LogP contribution in [0.4, 0.5) is 4.39 Å². The molecule has 0 fully saturated rings. The molecular formula is C17H17FO3. The molecule has 3 nitrogen and oxygen atoms in total. The fourth-order valence-corrected chi connectivity index (χ4v) is 1.88. The largest absolute Gasteiger partial charge is 0.508 e. The number of hydrogen-bond donors (Lipinski definition) is 1. The first kappa shape index (κ1) is 15.0. The number of benzene rings is 2. The normalized spacial score (nSPS) is 11.2. The van der Waals surface area contributed by atoms with E-state index in [9.17, 15) is 14.3 Å². The van der Waals surface area contributed by atoms with Crippen LogP contribution in [0.15, 0.2) is 42.5 Å².